The van der Waals surface area contributed by atoms with Crippen molar-refractivity contribution >= 4 is 31.9 Å². The van der Waals surface area contributed by atoms with Gasteiger partial charge in [-0.3, -0.25) is 4.98 Å². The lowest BCUT2D eigenvalue weighted by Crippen LogP contribution is -2.25. The van der Waals surface area contributed by atoms with Gasteiger partial charge in [0, 0.05) is 21.2 Å². The highest BCUT2D eigenvalue weighted by Gasteiger charge is 2.26. The molecule has 2 rings (SSSR count). The summed E-state index contributed by atoms with van der Waals surface area (Å²) in [5, 5.41) is 0. The van der Waals surface area contributed by atoms with Crippen LogP contribution >= 0.6 is 31.9 Å². The molecule has 0 aromatic carbocycles. The van der Waals surface area contributed by atoms with Crippen molar-refractivity contribution in [3.05, 3.63) is 28.5 Å². The van der Waals surface area contributed by atoms with E-state index in [0.29, 0.717) is 4.83 Å². The molecule has 0 bridgehead atoms. The maximum atomic E-state index is 4.46. The van der Waals surface area contributed by atoms with E-state index in [1.807, 2.05) is 6.20 Å². The summed E-state index contributed by atoms with van der Waals surface area (Å²) in [5.41, 5.74) is 1.21. The van der Waals surface area contributed by atoms with Gasteiger partial charge < -0.3 is 0 Å². The van der Waals surface area contributed by atoms with Crippen molar-refractivity contribution < 1.29 is 0 Å². The van der Waals surface area contributed by atoms with Crippen LogP contribution in [-0.2, 0) is 6.42 Å². The van der Waals surface area contributed by atoms with E-state index in [0.717, 1.165) is 22.7 Å². The van der Waals surface area contributed by atoms with Crippen LogP contribution in [0.5, 0.6) is 0 Å². The van der Waals surface area contributed by atoms with Crippen LogP contribution in [0.3, 0.4) is 0 Å². The second-order valence-electron chi connectivity index (χ2n) is 4.87. The number of pyridine rings is 1. The number of aromatic nitrogens is 1. The summed E-state index contributed by atoms with van der Waals surface area (Å²) in [5.74, 6) is 1.62. The molecule has 88 valence electrons. The van der Waals surface area contributed by atoms with Gasteiger partial charge in [-0.25, -0.2) is 0 Å². The number of halogens is 2. The van der Waals surface area contributed by atoms with E-state index in [-0.39, 0.29) is 0 Å². The molecule has 1 aromatic rings. The topological polar surface area (TPSA) is 12.9 Å². The van der Waals surface area contributed by atoms with Gasteiger partial charge in [-0.15, -0.1) is 0 Å². The van der Waals surface area contributed by atoms with E-state index in [1.165, 1.54) is 25.0 Å². The van der Waals surface area contributed by atoms with Crippen molar-refractivity contribution in [3.8, 4) is 0 Å². The first-order valence-corrected chi connectivity index (χ1v) is 7.60. The fraction of sp³-hybridized carbons (Fsp3) is 0.615. The Morgan fingerprint density at radius 3 is 2.88 bits per heavy atom. The highest BCUT2D eigenvalue weighted by molar-refractivity contribution is 9.10. The first-order chi connectivity index (χ1) is 7.65. The fourth-order valence-corrected chi connectivity index (χ4v) is 3.37. The van der Waals surface area contributed by atoms with Crippen molar-refractivity contribution in [1.82, 2.24) is 4.98 Å². The minimum atomic E-state index is 0.675. The first-order valence-electron chi connectivity index (χ1n) is 5.89. The SMILES string of the molecule is CC1CCC(Br)C(Cc2ccc(Br)cn2)C1. The van der Waals surface area contributed by atoms with E-state index < -0.39 is 0 Å². The second kappa shape index (κ2) is 5.63. The Hall–Kier alpha value is 0.110. The zero-order chi connectivity index (χ0) is 11.5. The lowest BCUT2D eigenvalue weighted by atomic mass is 9.80. The van der Waals surface area contributed by atoms with Gasteiger partial charge in [0.1, 0.15) is 0 Å². The molecule has 0 amide bonds. The molecule has 16 heavy (non-hydrogen) atoms. The summed E-state index contributed by atoms with van der Waals surface area (Å²) >= 11 is 7.24. The van der Waals surface area contributed by atoms with Crippen LogP contribution < -0.4 is 0 Å². The maximum Gasteiger partial charge on any atom is 0.0413 e. The van der Waals surface area contributed by atoms with Crippen molar-refractivity contribution in [3.63, 3.8) is 0 Å². The predicted molar refractivity (Wildman–Crippen MR) is 74.9 cm³/mol. The summed E-state index contributed by atoms with van der Waals surface area (Å²) in [6.45, 7) is 2.36. The smallest absolute Gasteiger partial charge is 0.0413 e. The van der Waals surface area contributed by atoms with E-state index in [4.69, 9.17) is 0 Å². The van der Waals surface area contributed by atoms with Crippen LogP contribution in [0, 0.1) is 11.8 Å². The largest absolute Gasteiger partial charge is 0.260 e. The standard InChI is InChI=1S/C13H17Br2N/c1-9-2-5-13(15)10(6-9)7-12-4-3-11(14)8-16-12/h3-4,8-10,13H,2,5-7H2,1H3. The average molecular weight is 347 g/mol. The van der Waals surface area contributed by atoms with E-state index in [1.54, 1.807) is 0 Å². The second-order valence-corrected chi connectivity index (χ2v) is 6.96. The Balaban J connectivity index is 2.00. The summed E-state index contributed by atoms with van der Waals surface area (Å²) in [7, 11) is 0. The fourth-order valence-electron chi connectivity index (χ4n) is 2.47. The molecule has 3 unspecified atom stereocenters. The third kappa shape index (κ3) is 3.30. The minimum Gasteiger partial charge on any atom is -0.260 e. The van der Waals surface area contributed by atoms with E-state index >= 15 is 0 Å². The van der Waals surface area contributed by atoms with Crippen LogP contribution in [0.2, 0.25) is 0 Å². The van der Waals surface area contributed by atoms with Gasteiger partial charge in [0.05, 0.1) is 0 Å². The molecule has 3 atom stereocenters. The molecule has 1 nitrogen and oxygen atoms in total. The van der Waals surface area contributed by atoms with Gasteiger partial charge in [0.15, 0.2) is 0 Å². The number of nitrogens with zero attached hydrogens (tertiary/aromatic N) is 1. The van der Waals surface area contributed by atoms with Crippen LogP contribution in [-0.4, -0.2) is 9.81 Å². The molecule has 1 saturated carbocycles. The molecule has 0 aliphatic heterocycles. The Bertz CT molecular complexity index is 336. The Kier molecular flexibility index (Phi) is 4.42. The average Bonchev–Trinajstić information content (AvgIpc) is 2.27. The van der Waals surface area contributed by atoms with Crippen LogP contribution in [0.25, 0.3) is 0 Å². The number of alkyl halides is 1. The van der Waals surface area contributed by atoms with E-state index in [2.05, 4.69) is 55.9 Å². The maximum absolute atomic E-state index is 4.46. The molecule has 0 spiro atoms. The van der Waals surface area contributed by atoms with Gasteiger partial charge in [0.25, 0.3) is 0 Å². The molecule has 0 N–H and O–H groups in total. The summed E-state index contributed by atoms with van der Waals surface area (Å²) < 4.78 is 1.06. The predicted octanol–water partition coefficient (Wildman–Crippen LogP) is 4.59. The first kappa shape index (κ1) is 12.6. The zero-order valence-electron chi connectivity index (χ0n) is 9.50. The number of hydrogen-bond acceptors (Lipinski definition) is 1. The molecule has 0 radical (unpaired) electrons. The van der Waals surface area contributed by atoms with Gasteiger partial charge in [-0.1, -0.05) is 22.9 Å². The molecule has 0 saturated heterocycles. The monoisotopic (exact) mass is 345 g/mol. The highest BCUT2D eigenvalue weighted by Crippen LogP contribution is 2.35. The normalized spacial score (nSPS) is 30.3. The molecule has 1 heterocycles. The van der Waals surface area contributed by atoms with Crippen LogP contribution in [0.15, 0.2) is 22.8 Å². The summed E-state index contributed by atoms with van der Waals surface area (Å²) in [6.07, 6.45) is 6.99. The number of rotatable bonds is 2. The van der Waals surface area contributed by atoms with Gasteiger partial charge in [-0.2, -0.15) is 0 Å². The lowest BCUT2D eigenvalue weighted by Gasteiger charge is -2.31. The zero-order valence-corrected chi connectivity index (χ0v) is 12.7. The molecule has 1 aromatic heterocycles. The van der Waals surface area contributed by atoms with Crippen LogP contribution in [0.4, 0.5) is 0 Å². The van der Waals surface area contributed by atoms with Crippen molar-refractivity contribution in [2.45, 2.75) is 37.4 Å². The lowest BCUT2D eigenvalue weighted by molar-refractivity contribution is 0.293. The van der Waals surface area contributed by atoms with Crippen molar-refractivity contribution in [1.29, 1.82) is 0 Å². The molecular weight excluding hydrogens is 330 g/mol. The summed E-state index contributed by atoms with van der Waals surface area (Å²) in [6, 6.07) is 4.21. The molecule has 1 aliphatic rings. The third-order valence-corrected chi connectivity index (χ3v) is 5.09. The van der Waals surface area contributed by atoms with Gasteiger partial charge in [0.2, 0.25) is 0 Å². The van der Waals surface area contributed by atoms with Gasteiger partial charge >= 0.3 is 0 Å². The van der Waals surface area contributed by atoms with Gasteiger partial charge in [-0.05, 0) is 65.6 Å². The number of hydrogen-bond donors (Lipinski definition) is 0. The minimum absolute atomic E-state index is 0.675. The molecule has 3 heteroatoms. The summed E-state index contributed by atoms with van der Waals surface area (Å²) in [4.78, 5) is 5.14. The van der Waals surface area contributed by atoms with Crippen molar-refractivity contribution in [2.24, 2.45) is 11.8 Å². The Morgan fingerprint density at radius 2 is 2.19 bits per heavy atom. The Morgan fingerprint density at radius 1 is 1.38 bits per heavy atom. The molecule has 1 aliphatic carbocycles. The van der Waals surface area contributed by atoms with Crippen molar-refractivity contribution in [2.75, 3.05) is 0 Å². The van der Waals surface area contributed by atoms with E-state index in [9.17, 15) is 0 Å². The Labute approximate surface area is 114 Å². The quantitative estimate of drug-likeness (QED) is 0.714. The molecule has 1 fully saturated rings. The third-order valence-electron chi connectivity index (χ3n) is 3.41. The molecular formula is C13H17Br2N. The van der Waals surface area contributed by atoms with Crippen LogP contribution in [0.1, 0.15) is 31.9 Å². The highest BCUT2D eigenvalue weighted by atomic mass is 79.9.